The molecule has 0 saturated carbocycles. The number of anilines is 1. The minimum absolute atomic E-state index is 0.601. The third-order valence-electron chi connectivity index (χ3n) is 4.53. The van der Waals surface area contributed by atoms with E-state index >= 15 is 0 Å². The van der Waals surface area contributed by atoms with Crippen LogP contribution >= 0.6 is 11.3 Å². The molecule has 1 N–H and O–H groups in total. The smallest absolute Gasteiger partial charge is 0.188 e. The van der Waals surface area contributed by atoms with Crippen LogP contribution in [0.25, 0.3) is 10.3 Å². The Bertz CT molecular complexity index is 778. The van der Waals surface area contributed by atoms with Crippen LogP contribution in [0.15, 0.2) is 18.7 Å². The van der Waals surface area contributed by atoms with Gasteiger partial charge in [-0.3, -0.25) is 0 Å². The maximum Gasteiger partial charge on any atom is 0.188 e. The van der Waals surface area contributed by atoms with Gasteiger partial charge in [-0.1, -0.05) is 11.3 Å². The van der Waals surface area contributed by atoms with Crippen molar-refractivity contribution in [2.45, 2.75) is 31.9 Å². The Hall–Kier alpha value is -1.93. The number of nitrogens with zero attached hydrogens (tertiary/aromatic N) is 6. The topological polar surface area (TPSA) is 72.0 Å². The summed E-state index contributed by atoms with van der Waals surface area (Å²) in [6.45, 7) is 4.25. The lowest BCUT2D eigenvalue weighted by molar-refractivity contribution is -0.0000724. The summed E-state index contributed by atoms with van der Waals surface area (Å²) in [7, 11) is 1.93. The predicted molar refractivity (Wildman–Crippen MR) is 89.7 cm³/mol. The van der Waals surface area contributed by atoms with Crippen LogP contribution < -0.4 is 4.90 Å². The minimum atomic E-state index is -0.661. The summed E-state index contributed by atoms with van der Waals surface area (Å²) in [4.78, 5) is 11.0. The fourth-order valence-electron chi connectivity index (χ4n) is 3.20. The van der Waals surface area contributed by atoms with Crippen LogP contribution in [0.2, 0.25) is 0 Å². The molecule has 0 aliphatic carbocycles. The summed E-state index contributed by atoms with van der Waals surface area (Å²) in [6.07, 6.45) is 6.87. The molecule has 1 saturated heterocycles. The Labute approximate surface area is 138 Å². The molecule has 7 nitrogen and oxygen atoms in total. The lowest BCUT2D eigenvalue weighted by Crippen LogP contribution is -2.46. The molecule has 0 aromatic carbocycles. The monoisotopic (exact) mass is 332 g/mol. The third kappa shape index (κ3) is 2.61. The van der Waals surface area contributed by atoms with Crippen molar-refractivity contribution in [3.8, 4) is 0 Å². The first kappa shape index (κ1) is 14.6. The quantitative estimate of drug-likeness (QED) is 0.788. The first-order valence-corrected chi connectivity index (χ1v) is 8.59. The molecule has 1 aliphatic rings. The average Bonchev–Trinajstić information content (AvgIpc) is 3.21. The molecular weight excluding hydrogens is 312 g/mol. The number of hydrogen-bond acceptors (Lipinski definition) is 6. The number of aromatic nitrogens is 5. The van der Waals surface area contributed by atoms with E-state index in [0.717, 1.165) is 47.1 Å². The SMILES string of the molecule is Cc1nn(C)c2nc(N3CCC(O)(Cn4ccnc4)CC3)sc12. The highest BCUT2D eigenvalue weighted by atomic mass is 32.1. The summed E-state index contributed by atoms with van der Waals surface area (Å²) in [5, 5.41) is 16.2. The lowest BCUT2D eigenvalue weighted by Gasteiger charge is -2.38. The van der Waals surface area contributed by atoms with Crippen LogP contribution in [-0.4, -0.2) is 48.1 Å². The van der Waals surface area contributed by atoms with Crippen molar-refractivity contribution < 1.29 is 5.11 Å². The number of imidazole rings is 1. The molecule has 0 bridgehead atoms. The fourth-order valence-corrected chi connectivity index (χ4v) is 4.29. The van der Waals surface area contributed by atoms with Gasteiger partial charge >= 0.3 is 0 Å². The van der Waals surface area contributed by atoms with Crippen LogP contribution in [0.4, 0.5) is 5.13 Å². The van der Waals surface area contributed by atoms with E-state index in [-0.39, 0.29) is 0 Å². The Morgan fingerprint density at radius 1 is 1.35 bits per heavy atom. The molecule has 0 atom stereocenters. The molecule has 4 heterocycles. The largest absolute Gasteiger partial charge is 0.388 e. The Morgan fingerprint density at radius 2 is 2.13 bits per heavy atom. The molecule has 122 valence electrons. The summed E-state index contributed by atoms with van der Waals surface area (Å²) in [6, 6.07) is 0. The van der Waals surface area contributed by atoms with Gasteiger partial charge < -0.3 is 14.6 Å². The van der Waals surface area contributed by atoms with Crippen molar-refractivity contribution in [2.24, 2.45) is 7.05 Å². The number of hydrogen-bond donors (Lipinski definition) is 1. The van der Waals surface area contributed by atoms with E-state index in [1.807, 2.05) is 29.4 Å². The second kappa shape index (κ2) is 5.31. The van der Waals surface area contributed by atoms with Crippen molar-refractivity contribution in [3.63, 3.8) is 0 Å². The van der Waals surface area contributed by atoms with Gasteiger partial charge in [0.25, 0.3) is 0 Å². The minimum Gasteiger partial charge on any atom is -0.388 e. The van der Waals surface area contributed by atoms with Crippen LogP contribution in [0.1, 0.15) is 18.5 Å². The Morgan fingerprint density at radius 3 is 2.78 bits per heavy atom. The molecule has 1 fully saturated rings. The fraction of sp³-hybridized carbons (Fsp3) is 0.533. The maximum absolute atomic E-state index is 10.8. The number of rotatable bonds is 3. The van der Waals surface area contributed by atoms with Gasteiger partial charge in [-0.2, -0.15) is 5.10 Å². The Kier molecular flexibility index (Phi) is 3.38. The molecule has 1 aliphatic heterocycles. The zero-order chi connectivity index (χ0) is 16.0. The molecule has 3 aromatic heterocycles. The van der Waals surface area contributed by atoms with Crippen LogP contribution in [0.3, 0.4) is 0 Å². The van der Waals surface area contributed by atoms with E-state index in [0.29, 0.717) is 6.54 Å². The van der Waals surface area contributed by atoms with E-state index < -0.39 is 5.60 Å². The first-order valence-electron chi connectivity index (χ1n) is 7.77. The van der Waals surface area contributed by atoms with Gasteiger partial charge in [-0.25, -0.2) is 14.6 Å². The highest BCUT2D eigenvalue weighted by molar-refractivity contribution is 7.22. The molecule has 8 heteroatoms. The molecule has 4 rings (SSSR count). The number of aliphatic hydroxyl groups is 1. The first-order chi connectivity index (χ1) is 11.0. The van der Waals surface area contributed by atoms with Gasteiger partial charge in [0.1, 0.15) is 0 Å². The van der Waals surface area contributed by atoms with Crippen molar-refractivity contribution >= 4 is 26.8 Å². The van der Waals surface area contributed by atoms with Crippen LogP contribution in [0, 0.1) is 6.92 Å². The molecule has 0 radical (unpaired) electrons. The van der Waals surface area contributed by atoms with Gasteiger partial charge in [0.05, 0.1) is 28.9 Å². The highest BCUT2D eigenvalue weighted by Gasteiger charge is 2.33. The zero-order valence-corrected chi connectivity index (χ0v) is 14.1. The second-order valence-corrected chi connectivity index (χ2v) is 7.28. The average molecular weight is 332 g/mol. The van der Waals surface area contributed by atoms with Gasteiger partial charge in [-0.05, 0) is 19.8 Å². The third-order valence-corrected chi connectivity index (χ3v) is 5.75. The molecular formula is C15H20N6OS. The zero-order valence-electron chi connectivity index (χ0n) is 13.3. The van der Waals surface area contributed by atoms with Gasteiger partial charge in [0.2, 0.25) is 0 Å². The summed E-state index contributed by atoms with van der Waals surface area (Å²) >= 11 is 1.69. The van der Waals surface area contributed by atoms with Gasteiger partial charge in [0, 0.05) is 32.5 Å². The second-order valence-electron chi connectivity index (χ2n) is 6.30. The normalized spacial score (nSPS) is 18.0. The Balaban J connectivity index is 1.49. The van der Waals surface area contributed by atoms with E-state index in [2.05, 4.69) is 15.0 Å². The van der Waals surface area contributed by atoms with E-state index in [1.165, 1.54) is 0 Å². The van der Waals surface area contributed by atoms with Crippen molar-refractivity contribution in [1.29, 1.82) is 0 Å². The van der Waals surface area contributed by atoms with Crippen molar-refractivity contribution in [2.75, 3.05) is 18.0 Å². The highest BCUT2D eigenvalue weighted by Crippen LogP contribution is 2.34. The summed E-state index contributed by atoms with van der Waals surface area (Å²) < 4.78 is 4.94. The molecule has 23 heavy (non-hydrogen) atoms. The maximum atomic E-state index is 10.8. The van der Waals surface area contributed by atoms with E-state index in [1.54, 1.807) is 23.9 Å². The molecule has 3 aromatic rings. The van der Waals surface area contributed by atoms with Gasteiger partial charge in [0.15, 0.2) is 10.8 Å². The van der Waals surface area contributed by atoms with Crippen molar-refractivity contribution in [1.82, 2.24) is 24.3 Å². The standard InChI is InChI=1S/C15H20N6OS/c1-11-12-13(19(2)18-11)17-14(23-12)21-6-3-15(22,4-7-21)9-20-8-5-16-10-20/h5,8,10,22H,3-4,6-7,9H2,1-2H3. The number of aryl methyl sites for hydroxylation is 2. The number of thiazole rings is 1. The lowest BCUT2D eigenvalue weighted by atomic mass is 9.91. The predicted octanol–water partition coefficient (Wildman–Crippen LogP) is 1.57. The summed E-state index contributed by atoms with van der Waals surface area (Å²) in [5.41, 5.74) is 1.31. The molecule has 0 spiro atoms. The van der Waals surface area contributed by atoms with E-state index in [4.69, 9.17) is 4.98 Å². The van der Waals surface area contributed by atoms with E-state index in [9.17, 15) is 5.11 Å². The number of fused-ring (bicyclic) bond motifs is 1. The summed E-state index contributed by atoms with van der Waals surface area (Å²) in [5.74, 6) is 0. The molecule has 0 unspecified atom stereocenters. The van der Waals surface area contributed by atoms with Gasteiger partial charge in [-0.15, -0.1) is 0 Å². The van der Waals surface area contributed by atoms with Crippen LogP contribution in [-0.2, 0) is 13.6 Å². The van der Waals surface area contributed by atoms with Crippen LogP contribution in [0.5, 0.6) is 0 Å². The van der Waals surface area contributed by atoms with Crippen molar-refractivity contribution in [3.05, 3.63) is 24.4 Å². The number of piperidine rings is 1. The molecule has 0 amide bonds.